The molecule has 0 radical (unpaired) electrons. The molecule has 1 atom stereocenters. The van der Waals surface area contributed by atoms with Gasteiger partial charge < -0.3 is 4.55 Å². The largest absolute Gasteiger partial charge is 0.772 e. The second-order valence-corrected chi connectivity index (χ2v) is 4.51. The molecule has 0 fully saturated rings. The van der Waals surface area contributed by atoms with Crippen molar-refractivity contribution in [3.05, 3.63) is 38.9 Å². The van der Waals surface area contributed by atoms with Gasteiger partial charge in [0.2, 0.25) is 0 Å². The smallest absolute Gasteiger partial charge is 0.274 e. The molecule has 0 bridgehead atoms. The fourth-order valence-electron chi connectivity index (χ4n) is 1.38. The predicted molar refractivity (Wildman–Crippen MR) is 60.6 cm³/mol. The van der Waals surface area contributed by atoms with E-state index in [1.807, 2.05) is 0 Å². The van der Waals surface area contributed by atoms with Crippen molar-refractivity contribution in [2.75, 3.05) is 0 Å². The van der Waals surface area contributed by atoms with E-state index in [0.29, 0.717) is 5.56 Å². The quantitative estimate of drug-likeness (QED) is 0.360. The van der Waals surface area contributed by atoms with Crippen molar-refractivity contribution < 1.29 is 18.5 Å². The van der Waals surface area contributed by atoms with Gasteiger partial charge in [-0.25, -0.2) is 0 Å². The highest BCUT2D eigenvalue weighted by atomic mass is 35.5. The lowest BCUT2D eigenvalue weighted by atomic mass is 10.0. The average molecular weight is 277 g/mol. The van der Waals surface area contributed by atoms with Crippen LogP contribution in [-0.2, 0) is 16.8 Å². The van der Waals surface area contributed by atoms with Crippen molar-refractivity contribution in [2.45, 2.75) is 12.7 Å². The van der Waals surface area contributed by atoms with Gasteiger partial charge in [0.1, 0.15) is 0 Å². The predicted octanol–water partition coefficient (Wildman–Crippen LogP) is 1.66. The minimum Gasteiger partial charge on any atom is -0.772 e. The van der Waals surface area contributed by atoms with Crippen LogP contribution >= 0.6 is 11.6 Å². The van der Waals surface area contributed by atoms with Gasteiger partial charge in [0.25, 0.3) is 10.9 Å². The van der Waals surface area contributed by atoms with Gasteiger partial charge in [0.05, 0.1) is 4.92 Å². The number of nitro groups is 1. The highest BCUT2D eigenvalue weighted by Crippen LogP contribution is 2.25. The zero-order chi connectivity index (χ0) is 13.2. The Kier molecular flexibility index (Phi) is 4.33. The van der Waals surface area contributed by atoms with Crippen LogP contribution in [0.1, 0.15) is 21.5 Å². The van der Waals surface area contributed by atoms with Crippen molar-refractivity contribution in [1.29, 1.82) is 0 Å². The zero-order valence-corrected chi connectivity index (χ0v) is 10.2. The Balaban J connectivity index is 3.40. The first-order valence-electron chi connectivity index (χ1n) is 4.36. The number of carbonyl (C=O) groups is 1. The average Bonchev–Trinajstić information content (AvgIpc) is 2.15. The Morgan fingerprint density at radius 1 is 1.53 bits per heavy atom. The molecule has 8 heteroatoms. The maximum atomic E-state index is 11.0. The molecule has 0 saturated carbocycles. The third-order valence-corrected chi connectivity index (χ3v) is 2.86. The molecule has 1 rings (SSSR count). The maximum absolute atomic E-state index is 11.0. The summed E-state index contributed by atoms with van der Waals surface area (Å²) in [4.78, 5) is 21.0. The standard InChI is InChI=1S/C9H8ClNO5S/c1-5-2-6(4-17(15)16)8(11(13)14)3-7(5)9(10)12/h2-3H,4H2,1H3,(H,15,16)/p-1. The summed E-state index contributed by atoms with van der Waals surface area (Å²) in [5.74, 6) is -0.478. The summed E-state index contributed by atoms with van der Waals surface area (Å²) >= 11 is 2.82. The summed E-state index contributed by atoms with van der Waals surface area (Å²) in [5, 5.41) is 9.92. The van der Waals surface area contributed by atoms with Crippen LogP contribution in [0.4, 0.5) is 5.69 Å². The molecule has 0 aliphatic heterocycles. The molecule has 1 unspecified atom stereocenters. The van der Waals surface area contributed by atoms with E-state index >= 15 is 0 Å². The summed E-state index contributed by atoms with van der Waals surface area (Å²) in [6.45, 7) is 1.52. The first kappa shape index (κ1) is 13.8. The van der Waals surface area contributed by atoms with Crippen molar-refractivity contribution in [3.8, 4) is 0 Å². The van der Waals surface area contributed by atoms with Crippen LogP contribution in [0, 0.1) is 17.0 Å². The molecule has 0 N–H and O–H groups in total. The van der Waals surface area contributed by atoms with Gasteiger partial charge in [0.15, 0.2) is 0 Å². The fourth-order valence-corrected chi connectivity index (χ4v) is 2.07. The van der Waals surface area contributed by atoms with Crippen molar-refractivity contribution in [3.63, 3.8) is 0 Å². The van der Waals surface area contributed by atoms with Gasteiger partial charge in [-0.05, 0) is 30.2 Å². The molecule has 0 aromatic heterocycles. The fraction of sp³-hybridized carbons (Fsp3) is 0.222. The second kappa shape index (κ2) is 5.35. The highest BCUT2D eigenvalue weighted by molar-refractivity contribution is 7.78. The molecule has 0 aliphatic carbocycles. The van der Waals surface area contributed by atoms with Crippen LogP contribution in [0.25, 0.3) is 0 Å². The van der Waals surface area contributed by atoms with E-state index in [0.717, 1.165) is 6.07 Å². The van der Waals surface area contributed by atoms with E-state index in [2.05, 4.69) is 0 Å². The second-order valence-electron chi connectivity index (χ2n) is 3.27. The van der Waals surface area contributed by atoms with Gasteiger partial charge in [-0.3, -0.25) is 19.1 Å². The summed E-state index contributed by atoms with van der Waals surface area (Å²) in [6.07, 6.45) is 0. The Labute approximate surface area is 104 Å². The summed E-state index contributed by atoms with van der Waals surface area (Å²) in [7, 11) is 0. The molecule has 0 aliphatic rings. The monoisotopic (exact) mass is 276 g/mol. The molecule has 17 heavy (non-hydrogen) atoms. The third-order valence-electron chi connectivity index (χ3n) is 2.11. The third kappa shape index (κ3) is 3.32. The normalized spacial score (nSPS) is 12.2. The summed E-state index contributed by atoms with van der Waals surface area (Å²) in [5.41, 5.74) is 0.00106. The van der Waals surface area contributed by atoms with Gasteiger partial charge in [-0.1, -0.05) is 11.1 Å². The number of rotatable bonds is 4. The highest BCUT2D eigenvalue weighted by Gasteiger charge is 2.19. The zero-order valence-electron chi connectivity index (χ0n) is 8.64. The maximum Gasteiger partial charge on any atom is 0.274 e. The molecule has 0 heterocycles. The van der Waals surface area contributed by atoms with E-state index in [4.69, 9.17) is 11.6 Å². The lowest BCUT2D eigenvalue weighted by Crippen LogP contribution is -2.04. The lowest BCUT2D eigenvalue weighted by molar-refractivity contribution is -0.385. The van der Waals surface area contributed by atoms with Crippen LogP contribution in [0.3, 0.4) is 0 Å². The van der Waals surface area contributed by atoms with Crippen LogP contribution in [0.2, 0.25) is 0 Å². The number of nitrogens with zero attached hydrogens (tertiary/aromatic N) is 1. The molecule has 0 amide bonds. The first-order chi connectivity index (χ1) is 7.82. The number of hydrogen-bond acceptors (Lipinski definition) is 5. The van der Waals surface area contributed by atoms with E-state index in [1.54, 1.807) is 0 Å². The Bertz CT molecular complexity index is 516. The van der Waals surface area contributed by atoms with Gasteiger partial charge in [0, 0.05) is 22.9 Å². The van der Waals surface area contributed by atoms with Gasteiger partial charge in [-0.15, -0.1) is 0 Å². The molecule has 92 valence electrons. The minimum atomic E-state index is -2.44. The van der Waals surface area contributed by atoms with Crippen LogP contribution in [0.5, 0.6) is 0 Å². The number of hydrogen-bond donors (Lipinski definition) is 0. The van der Waals surface area contributed by atoms with Crippen molar-refractivity contribution in [2.24, 2.45) is 0 Å². The minimum absolute atomic E-state index is 0.00111. The van der Waals surface area contributed by atoms with E-state index in [1.165, 1.54) is 13.0 Å². The Morgan fingerprint density at radius 2 is 2.12 bits per heavy atom. The van der Waals surface area contributed by atoms with E-state index in [-0.39, 0.29) is 11.1 Å². The molecule has 6 nitrogen and oxygen atoms in total. The molecule has 1 aromatic carbocycles. The molecular formula is C9H7ClNO5S-. The van der Waals surface area contributed by atoms with Gasteiger partial charge >= 0.3 is 0 Å². The van der Waals surface area contributed by atoms with E-state index < -0.39 is 32.7 Å². The van der Waals surface area contributed by atoms with Crippen LogP contribution < -0.4 is 0 Å². The van der Waals surface area contributed by atoms with Gasteiger partial charge in [-0.2, -0.15) is 0 Å². The summed E-state index contributed by atoms with van der Waals surface area (Å²) in [6, 6.07) is 2.27. The van der Waals surface area contributed by atoms with Crippen molar-refractivity contribution in [1.82, 2.24) is 0 Å². The van der Waals surface area contributed by atoms with E-state index in [9.17, 15) is 23.7 Å². The molecule has 0 saturated heterocycles. The number of halogens is 1. The molecular weight excluding hydrogens is 270 g/mol. The number of carbonyl (C=O) groups excluding carboxylic acids is 1. The lowest BCUT2D eigenvalue weighted by Gasteiger charge is -2.08. The molecule has 0 spiro atoms. The Hall–Kier alpha value is -1.31. The number of nitro benzene ring substituents is 1. The first-order valence-corrected chi connectivity index (χ1v) is 5.98. The topological polar surface area (TPSA) is 100 Å². The SMILES string of the molecule is Cc1cc(CS(=O)[O-])c([N+](=O)[O-])cc1C(=O)Cl. The number of aryl methyl sites for hydroxylation is 1. The molecule has 1 aromatic rings. The summed E-state index contributed by atoms with van der Waals surface area (Å²) < 4.78 is 21.1. The van der Waals surface area contributed by atoms with Crippen molar-refractivity contribution >= 4 is 33.6 Å². The Morgan fingerprint density at radius 3 is 2.53 bits per heavy atom. The number of benzene rings is 1. The van der Waals surface area contributed by atoms with Crippen LogP contribution in [-0.4, -0.2) is 18.9 Å². The van der Waals surface area contributed by atoms with Crippen LogP contribution in [0.15, 0.2) is 12.1 Å².